The number of imidazole rings is 1. The fraction of sp³-hybridized carbons (Fsp3) is 0.438. The van der Waals surface area contributed by atoms with Crippen LogP contribution in [0.3, 0.4) is 0 Å². The van der Waals surface area contributed by atoms with Crippen molar-refractivity contribution >= 4 is 5.69 Å². The Kier molecular flexibility index (Phi) is 2.60. The minimum atomic E-state index is 0.364. The van der Waals surface area contributed by atoms with Gasteiger partial charge in [-0.2, -0.15) is 0 Å². The van der Waals surface area contributed by atoms with Crippen LogP contribution < -0.4 is 5.73 Å². The van der Waals surface area contributed by atoms with E-state index >= 15 is 0 Å². The molecule has 4 rings (SSSR count). The molecule has 2 aliphatic rings. The number of nitrogens with zero attached hydrogens (tertiary/aromatic N) is 3. The molecular weight excluding hydrogens is 248 g/mol. The first kappa shape index (κ1) is 12.0. The van der Waals surface area contributed by atoms with Crippen LogP contribution in [-0.4, -0.2) is 27.5 Å². The third-order valence-corrected chi connectivity index (χ3v) is 4.73. The molecule has 4 heteroatoms. The van der Waals surface area contributed by atoms with Gasteiger partial charge in [0.05, 0.1) is 6.54 Å². The molecule has 1 aromatic heterocycles. The van der Waals surface area contributed by atoms with Gasteiger partial charge < -0.3 is 10.3 Å². The largest absolute Gasteiger partial charge is 0.399 e. The highest BCUT2D eigenvalue weighted by molar-refractivity contribution is 5.43. The van der Waals surface area contributed by atoms with E-state index in [1.54, 1.807) is 0 Å². The molecule has 0 radical (unpaired) electrons. The first-order valence-corrected chi connectivity index (χ1v) is 7.34. The van der Waals surface area contributed by atoms with Crippen LogP contribution in [0.25, 0.3) is 0 Å². The lowest BCUT2D eigenvalue weighted by atomic mass is 9.95. The molecule has 1 saturated carbocycles. The molecule has 20 heavy (non-hydrogen) atoms. The first-order valence-electron chi connectivity index (χ1n) is 7.34. The molecule has 1 fully saturated rings. The Morgan fingerprint density at radius 2 is 1.95 bits per heavy atom. The molecule has 2 aromatic rings. The molecule has 1 aliphatic heterocycles. The Balaban J connectivity index is 1.51. The highest BCUT2D eigenvalue weighted by Crippen LogP contribution is 2.49. The van der Waals surface area contributed by atoms with Crippen molar-refractivity contribution in [3.63, 3.8) is 0 Å². The Labute approximate surface area is 119 Å². The quantitative estimate of drug-likeness (QED) is 0.866. The average Bonchev–Trinajstić information content (AvgIpc) is 3.08. The van der Waals surface area contributed by atoms with Gasteiger partial charge in [-0.05, 0) is 30.5 Å². The number of nitrogen functional groups attached to an aromatic ring is 1. The molecule has 0 saturated heterocycles. The van der Waals surface area contributed by atoms with Crippen LogP contribution >= 0.6 is 0 Å². The van der Waals surface area contributed by atoms with Gasteiger partial charge in [-0.15, -0.1) is 0 Å². The first-order chi connectivity index (χ1) is 9.75. The van der Waals surface area contributed by atoms with Gasteiger partial charge in [0.1, 0.15) is 5.82 Å². The Morgan fingerprint density at radius 1 is 1.15 bits per heavy atom. The number of hydrogen-bond donors (Lipinski definition) is 1. The zero-order valence-electron chi connectivity index (χ0n) is 11.6. The summed E-state index contributed by atoms with van der Waals surface area (Å²) in [5.41, 5.74) is 8.45. The van der Waals surface area contributed by atoms with Gasteiger partial charge in [0.25, 0.3) is 0 Å². The maximum atomic E-state index is 5.79. The predicted octanol–water partition coefficient (Wildman–Crippen LogP) is 2.01. The van der Waals surface area contributed by atoms with E-state index in [0.29, 0.717) is 5.41 Å². The highest BCUT2D eigenvalue weighted by Gasteiger charge is 2.45. The lowest BCUT2D eigenvalue weighted by Crippen LogP contribution is -2.38. The predicted molar refractivity (Wildman–Crippen MR) is 79.3 cm³/mol. The van der Waals surface area contributed by atoms with E-state index in [0.717, 1.165) is 31.9 Å². The zero-order valence-corrected chi connectivity index (χ0v) is 11.6. The van der Waals surface area contributed by atoms with Crippen molar-refractivity contribution in [1.82, 2.24) is 14.5 Å². The van der Waals surface area contributed by atoms with Crippen LogP contribution in [0, 0.1) is 0 Å². The summed E-state index contributed by atoms with van der Waals surface area (Å²) in [4.78, 5) is 6.99. The number of anilines is 1. The number of fused-ring (bicyclic) bond motifs is 1. The summed E-state index contributed by atoms with van der Waals surface area (Å²) < 4.78 is 2.26. The number of rotatable bonds is 3. The third kappa shape index (κ3) is 2.00. The normalized spacial score (nSPS) is 20.6. The van der Waals surface area contributed by atoms with Crippen molar-refractivity contribution in [2.45, 2.75) is 31.3 Å². The molecule has 0 atom stereocenters. The van der Waals surface area contributed by atoms with E-state index in [-0.39, 0.29) is 0 Å². The molecule has 0 bridgehead atoms. The van der Waals surface area contributed by atoms with Crippen LogP contribution in [-0.2, 0) is 18.5 Å². The van der Waals surface area contributed by atoms with Gasteiger partial charge in [0.2, 0.25) is 0 Å². The van der Waals surface area contributed by atoms with Gasteiger partial charge in [-0.3, -0.25) is 4.90 Å². The van der Waals surface area contributed by atoms with Gasteiger partial charge in [-0.1, -0.05) is 12.1 Å². The second-order valence-corrected chi connectivity index (χ2v) is 6.15. The molecule has 4 nitrogen and oxygen atoms in total. The van der Waals surface area contributed by atoms with Crippen molar-refractivity contribution in [3.8, 4) is 0 Å². The monoisotopic (exact) mass is 268 g/mol. The van der Waals surface area contributed by atoms with Crippen molar-refractivity contribution in [2.24, 2.45) is 0 Å². The van der Waals surface area contributed by atoms with Crippen LogP contribution in [0.4, 0.5) is 5.69 Å². The fourth-order valence-corrected chi connectivity index (χ4v) is 3.31. The summed E-state index contributed by atoms with van der Waals surface area (Å²) >= 11 is 0. The molecule has 2 N–H and O–H groups in total. The molecule has 1 aromatic carbocycles. The van der Waals surface area contributed by atoms with E-state index < -0.39 is 0 Å². The molecule has 2 heterocycles. The standard InChI is InChI=1S/C16H20N4/c17-14-3-1-13(2-4-14)16(5-6-16)12-19-9-10-20-8-7-18-15(20)11-19/h1-4,7-8H,5-6,9-12,17H2. The van der Waals surface area contributed by atoms with Crippen LogP contribution in [0.2, 0.25) is 0 Å². The van der Waals surface area contributed by atoms with E-state index in [1.807, 2.05) is 18.3 Å². The Bertz CT molecular complexity index is 610. The molecule has 104 valence electrons. The minimum absolute atomic E-state index is 0.364. The van der Waals surface area contributed by atoms with Gasteiger partial charge >= 0.3 is 0 Å². The number of aromatic nitrogens is 2. The van der Waals surface area contributed by atoms with Crippen LogP contribution in [0.5, 0.6) is 0 Å². The molecular formula is C16H20N4. The summed E-state index contributed by atoms with van der Waals surface area (Å²) in [6, 6.07) is 8.46. The van der Waals surface area contributed by atoms with Crippen molar-refractivity contribution < 1.29 is 0 Å². The lowest BCUT2D eigenvalue weighted by molar-refractivity contribution is 0.198. The summed E-state index contributed by atoms with van der Waals surface area (Å²) in [7, 11) is 0. The van der Waals surface area contributed by atoms with Crippen molar-refractivity contribution in [1.29, 1.82) is 0 Å². The Morgan fingerprint density at radius 3 is 2.70 bits per heavy atom. The van der Waals surface area contributed by atoms with E-state index in [4.69, 9.17) is 5.73 Å². The molecule has 0 amide bonds. The Hall–Kier alpha value is -1.81. The summed E-state index contributed by atoms with van der Waals surface area (Å²) in [5, 5.41) is 0. The van der Waals surface area contributed by atoms with Gasteiger partial charge in [-0.25, -0.2) is 4.98 Å². The minimum Gasteiger partial charge on any atom is -0.399 e. The van der Waals surface area contributed by atoms with E-state index in [9.17, 15) is 0 Å². The number of benzene rings is 1. The average molecular weight is 268 g/mol. The molecule has 1 aliphatic carbocycles. The van der Waals surface area contributed by atoms with E-state index in [1.165, 1.54) is 24.2 Å². The maximum Gasteiger partial charge on any atom is 0.122 e. The van der Waals surface area contributed by atoms with E-state index in [2.05, 4.69) is 32.8 Å². The summed E-state index contributed by atoms with van der Waals surface area (Å²) in [6.45, 7) is 4.31. The zero-order chi connectivity index (χ0) is 13.6. The second kappa shape index (κ2) is 4.35. The van der Waals surface area contributed by atoms with Gasteiger partial charge in [0.15, 0.2) is 0 Å². The number of hydrogen-bond acceptors (Lipinski definition) is 3. The second-order valence-electron chi connectivity index (χ2n) is 6.15. The summed E-state index contributed by atoms with van der Waals surface area (Å²) in [6.07, 6.45) is 6.58. The third-order valence-electron chi connectivity index (χ3n) is 4.73. The summed E-state index contributed by atoms with van der Waals surface area (Å²) in [5.74, 6) is 1.20. The molecule has 0 spiro atoms. The van der Waals surface area contributed by atoms with Gasteiger partial charge in [0, 0.05) is 43.1 Å². The van der Waals surface area contributed by atoms with Crippen molar-refractivity contribution in [3.05, 3.63) is 48.0 Å². The fourth-order valence-electron chi connectivity index (χ4n) is 3.31. The highest BCUT2D eigenvalue weighted by atomic mass is 15.2. The van der Waals surface area contributed by atoms with Crippen LogP contribution in [0.15, 0.2) is 36.7 Å². The lowest BCUT2D eigenvalue weighted by Gasteiger charge is -2.31. The number of nitrogens with two attached hydrogens (primary N) is 1. The van der Waals surface area contributed by atoms with Crippen LogP contribution in [0.1, 0.15) is 24.2 Å². The maximum absolute atomic E-state index is 5.79. The topological polar surface area (TPSA) is 47.1 Å². The van der Waals surface area contributed by atoms with Crippen molar-refractivity contribution in [2.75, 3.05) is 18.8 Å². The smallest absolute Gasteiger partial charge is 0.122 e. The molecule has 0 unspecified atom stereocenters. The SMILES string of the molecule is Nc1ccc(C2(CN3CCn4ccnc4C3)CC2)cc1.